The Balaban J connectivity index is 0.000000943. The van der Waals surface area contributed by atoms with E-state index >= 15 is 0 Å². The molecule has 0 bridgehead atoms. The van der Waals surface area contributed by atoms with Gasteiger partial charge in [0.1, 0.15) is 38.1 Å². The fraction of sp³-hybridized carbons (Fsp3) is 0.280. The molecule has 75 heavy (non-hydrogen) atoms. The van der Waals surface area contributed by atoms with Crippen LogP contribution >= 0.6 is 0 Å². The van der Waals surface area contributed by atoms with Gasteiger partial charge < -0.3 is 63.1 Å². The van der Waals surface area contributed by atoms with Gasteiger partial charge in [-0.25, -0.2) is 57.5 Å². The minimum Gasteiger partial charge on any atom is -0.466 e. The van der Waals surface area contributed by atoms with Crippen LogP contribution in [-0.4, -0.2) is 152 Å². The van der Waals surface area contributed by atoms with Gasteiger partial charge in [-0.05, 0) is 64.1 Å². The van der Waals surface area contributed by atoms with E-state index in [1.807, 2.05) is 0 Å². The number of hydrogen-bond donors (Lipinski definition) is 2. The minimum atomic E-state index is -0.984. The van der Waals surface area contributed by atoms with E-state index in [0.29, 0.717) is 11.1 Å². The van der Waals surface area contributed by atoms with Gasteiger partial charge in [0.2, 0.25) is 0 Å². The number of aliphatic hydroxyl groups is 2. The Labute approximate surface area is 426 Å². The van der Waals surface area contributed by atoms with Crippen LogP contribution in [0.2, 0.25) is 0 Å². The van der Waals surface area contributed by atoms with Crippen molar-refractivity contribution in [3.63, 3.8) is 0 Å². The summed E-state index contributed by atoms with van der Waals surface area (Å²) in [5, 5.41) is 16.0. The molecule has 25 nitrogen and oxygen atoms in total. The Kier molecular flexibility index (Phi) is 28.5. The van der Waals surface area contributed by atoms with Gasteiger partial charge in [0.15, 0.2) is 0 Å². The smallest absolute Gasteiger partial charge is 0.346 e. The van der Waals surface area contributed by atoms with Gasteiger partial charge in [0.25, 0.3) is 0 Å². The molecule has 0 aliphatic carbocycles. The highest BCUT2D eigenvalue weighted by atomic mass is 16.6. The Morgan fingerprint density at radius 2 is 0.827 bits per heavy atom. The van der Waals surface area contributed by atoms with Crippen LogP contribution in [-0.2, 0) is 76.1 Å². The van der Waals surface area contributed by atoms with Gasteiger partial charge in [0.05, 0.1) is 60.3 Å². The normalized spacial score (nSPS) is 13.3. The summed E-state index contributed by atoms with van der Waals surface area (Å²) < 4.78 is 47.9. The van der Waals surface area contributed by atoms with Crippen molar-refractivity contribution in [2.75, 3.05) is 40.6 Å². The minimum absolute atomic E-state index is 0. The van der Waals surface area contributed by atoms with Crippen LogP contribution in [0.4, 0.5) is 0 Å². The van der Waals surface area contributed by atoms with E-state index in [4.69, 9.17) is 38.6 Å². The first-order valence-corrected chi connectivity index (χ1v) is 21.5. The van der Waals surface area contributed by atoms with Crippen molar-refractivity contribution in [1.82, 2.24) is 0 Å². The maximum absolute atomic E-state index is 12.8. The molecule has 4 unspecified atom stereocenters. The van der Waals surface area contributed by atoms with Crippen molar-refractivity contribution < 1.29 is 121 Å². The molecule has 2 aliphatic rings. The number of hydrogen-bond acceptors (Lipinski definition) is 24. The molecule has 25 heteroatoms. The molecule has 2 heterocycles. The quantitative estimate of drug-likeness (QED) is 0.0794. The molecular weight excluding hydrogens is 1000 g/mol. The van der Waals surface area contributed by atoms with Crippen LogP contribution < -0.4 is 0 Å². The topological polar surface area (TPSA) is 369 Å². The number of esters is 12. The van der Waals surface area contributed by atoms with Gasteiger partial charge >= 0.3 is 71.6 Å². The molecule has 0 aromatic heterocycles. The number of methoxy groups -OCH3 is 2. The molecule has 3 aromatic rings. The first-order chi connectivity index (χ1) is 35.1. The number of fused-ring (bicyclic) bond motifs is 1. The Hall–Kier alpha value is -9.20. The van der Waals surface area contributed by atoms with E-state index in [1.54, 1.807) is 30.3 Å². The van der Waals surface area contributed by atoms with Crippen LogP contribution in [0.3, 0.4) is 0 Å². The molecule has 4 atom stereocenters. The van der Waals surface area contributed by atoms with Gasteiger partial charge in [-0.15, -0.1) is 0 Å². The highest BCUT2D eigenvalue weighted by Crippen LogP contribution is 2.19. The van der Waals surface area contributed by atoms with Crippen LogP contribution in [0.25, 0.3) is 0 Å². The lowest BCUT2D eigenvalue weighted by Crippen LogP contribution is -2.25. The summed E-state index contributed by atoms with van der Waals surface area (Å²) in [7, 11) is 2.31. The molecule has 0 saturated heterocycles. The second-order valence-corrected chi connectivity index (χ2v) is 14.6. The van der Waals surface area contributed by atoms with Crippen LogP contribution in [0.15, 0.2) is 109 Å². The zero-order valence-electron chi connectivity index (χ0n) is 40.9. The number of cyclic esters (lactones) is 4. The van der Waals surface area contributed by atoms with E-state index < -0.39 is 103 Å². The monoisotopic (exact) mass is 1050 g/mol. The number of carbonyl (C=O) groups is 12. The molecule has 3 aromatic carbocycles. The zero-order chi connectivity index (χ0) is 55.3. The largest absolute Gasteiger partial charge is 0.466 e. The highest BCUT2D eigenvalue weighted by molar-refractivity contribution is 6.14. The molecule has 2 aliphatic heterocycles. The van der Waals surface area contributed by atoms with Crippen LogP contribution in [0.1, 0.15) is 89.8 Å². The van der Waals surface area contributed by atoms with Crippen LogP contribution in [0, 0.1) is 0 Å². The number of ether oxygens (including phenoxy) is 10. The molecule has 0 saturated carbocycles. The Morgan fingerprint density at radius 3 is 1.20 bits per heavy atom. The summed E-state index contributed by atoms with van der Waals surface area (Å²) >= 11 is 0. The van der Waals surface area contributed by atoms with Gasteiger partial charge in [-0.1, -0.05) is 36.4 Å². The summed E-state index contributed by atoms with van der Waals surface area (Å²) in [6.07, 6.45) is 2.08. The second-order valence-electron chi connectivity index (χ2n) is 14.6. The number of carbonyl (C=O) groups excluding carboxylic acids is 12. The van der Waals surface area contributed by atoms with Crippen LogP contribution in [0.5, 0.6) is 0 Å². The molecule has 402 valence electrons. The first-order valence-electron chi connectivity index (χ1n) is 21.5. The van der Waals surface area contributed by atoms with E-state index in [2.05, 4.69) is 18.9 Å². The summed E-state index contributed by atoms with van der Waals surface area (Å²) in [5.41, 5.74) is 0.389. The molecule has 0 fully saturated rings. The second kappa shape index (κ2) is 33.4. The third-order valence-electron chi connectivity index (χ3n) is 8.51. The molecule has 0 amide bonds. The Morgan fingerprint density at radius 1 is 0.480 bits per heavy atom. The fourth-order valence-corrected chi connectivity index (χ4v) is 5.08. The predicted molar refractivity (Wildman–Crippen MR) is 251 cm³/mol. The third-order valence-corrected chi connectivity index (χ3v) is 8.51. The zero-order valence-corrected chi connectivity index (χ0v) is 40.9. The van der Waals surface area contributed by atoms with Gasteiger partial charge in [0, 0.05) is 36.5 Å². The maximum atomic E-state index is 12.8. The standard InChI is InChI=1S/C35H36O16.C8H4O3.C4H2O3.C3H8O2.H2O/c1-21(49-30(38)16-14-28(36)44-4)20-48-34(42)26-12-8-9-13-27(26)35(43)51-23(3)18-46-29(37)15-17-31(39)50-22(2)19-47-33(41)25-11-7-6-10-24(25)32(40)45-5;9-7-5-3-1-2-4-6(5)8(10)11-7;5-3-1-2-4(6)7-3;1-3(5)2-4;/h6-17,21-23H,18-20H2,1-5H3;1-4H;1-2H;3-5H,2H2,1H3;1H2/b16-14-,17-15-;;;;. The van der Waals surface area contributed by atoms with Crippen molar-refractivity contribution in [3.8, 4) is 0 Å². The summed E-state index contributed by atoms with van der Waals surface area (Å²) in [6, 6.07) is 18.0. The van der Waals surface area contributed by atoms with E-state index in [1.165, 1.54) is 77.3 Å². The first kappa shape index (κ1) is 63.8. The predicted octanol–water partition coefficient (Wildman–Crippen LogP) is 1.88. The fourth-order valence-electron chi connectivity index (χ4n) is 5.08. The maximum Gasteiger partial charge on any atom is 0.346 e. The van der Waals surface area contributed by atoms with E-state index in [9.17, 15) is 57.5 Å². The van der Waals surface area contributed by atoms with Gasteiger partial charge in [-0.3, -0.25) is 0 Å². The average Bonchev–Trinajstić information content (AvgIpc) is 3.92. The van der Waals surface area contributed by atoms with Crippen molar-refractivity contribution >= 4 is 71.6 Å². The summed E-state index contributed by atoms with van der Waals surface area (Å²) in [6.45, 7) is 4.55. The van der Waals surface area contributed by atoms with Crippen molar-refractivity contribution in [3.05, 3.63) is 143 Å². The molecule has 4 N–H and O–H groups in total. The highest BCUT2D eigenvalue weighted by Gasteiger charge is 2.28. The SMILES string of the molecule is CC(O)CO.COC(=O)/C=C\C(=O)OC(C)COC(=O)c1ccccc1C(=O)OC(C)COC(=O)/C=C\C(=O)OC(C)COC(=O)c1ccccc1C(=O)OC.O.O=C1C=CC(=O)O1.O=C1OC(=O)c2ccccc21. The van der Waals surface area contributed by atoms with Crippen molar-refractivity contribution in [2.24, 2.45) is 0 Å². The summed E-state index contributed by atoms with van der Waals surface area (Å²) in [5.74, 6) is -9.21. The van der Waals surface area contributed by atoms with E-state index in [-0.39, 0.29) is 47.6 Å². The van der Waals surface area contributed by atoms with E-state index in [0.717, 1.165) is 43.6 Å². The third kappa shape index (κ3) is 23.7. The molecular formula is C50H52O25. The average molecular weight is 1050 g/mol. The summed E-state index contributed by atoms with van der Waals surface area (Å²) in [4.78, 5) is 138. The Bertz CT molecular complexity index is 2580. The number of benzene rings is 3. The molecule has 0 radical (unpaired) electrons. The lowest BCUT2D eigenvalue weighted by Gasteiger charge is -2.15. The number of aliphatic hydroxyl groups excluding tert-OH is 2. The van der Waals surface area contributed by atoms with Crippen molar-refractivity contribution in [1.29, 1.82) is 0 Å². The lowest BCUT2D eigenvalue weighted by atomic mass is 10.1. The molecule has 5 rings (SSSR count). The number of rotatable bonds is 18. The molecule has 0 spiro atoms. The van der Waals surface area contributed by atoms with Gasteiger partial charge in [-0.2, -0.15) is 0 Å². The van der Waals surface area contributed by atoms with Crippen molar-refractivity contribution in [2.45, 2.75) is 52.1 Å². The lowest BCUT2D eigenvalue weighted by molar-refractivity contribution is -0.150.